The van der Waals surface area contributed by atoms with E-state index in [0.717, 1.165) is 6.42 Å². The number of nitrogens with zero attached hydrogens (tertiary/aromatic N) is 1. The SMILES string of the molecule is CCCCCCCCCCCCn1c(O)ccc1O. The molecule has 0 atom stereocenters. The highest BCUT2D eigenvalue weighted by Crippen LogP contribution is 2.21. The molecule has 19 heavy (non-hydrogen) atoms. The molecule has 0 aliphatic carbocycles. The second kappa shape index (κ2) is 9.76. The minimum Gasteiger partial charge on any atom is -0.494 e. The van der Waals surface area contributed by atoms with Gasteiger partial charge in [0.1, 0.15) is 0 Å². The Bertz CT molecular complexity index is 314. The Hall–Kier alpha value is -1.12. The summed E-state index contributed by atoms with van der Waals surface area (Å²) in [4.78, 5) is 0. The van der Waals surface area contributed by atoms with Gasteiger partial charge in [0.05, 0.1) is 0 Å². The van der Waals surface area contributed by atoms with Crippen LogP contribution in [0.25, 0.3) is 0 Å². The number of hydrogen-bond acceptors (Lipinski definition) is 2. The summed E-state index contributed by atoms with van der Waals surface area (Å²) in [5.74, 6) is 0.321. The van der Waals surface area contributed by atoms with Crippen molar-refractivity contribution < 1.29 is 10.2 Å². The van der Waals surface area contributed by atoms with Crippen LogP contribution in [0.1, 0.15) is 71.1 Å². The second-order valence-corrected chi connectivity index (χ2v) is 5.38. The summed E-state index contributed by atoms with van der Waals surface area (Å²) < 4.78 is 1.56. The van der Waals surface area contributed by atoms with Crippen molar-refractivity contribution in [1.82, 2.24) is 4.57 Å². The number of aromatic nitrogens is 1. The molecule has 0 spiro atoms. The Labute approximate surface area is 117 Å². The fraction of sp³-hybridized carbons (Fsp3) is 0.750. The number of hydrogen-bond donors (Lipinski definition) is 2. The summed E-state index contributed by atoms with van der Waals surface area (Å²) >= 11 is 0. The summed E-state index contributed by atoms with van der Waals surface area (Å²) in [5, 5.41) is 19.0. The first kappa shape index (κ1) is 15.9. The summed E-state index contributed by atoms with van der Waals surface area (Å²) in [7, 11) is 0. The maximum atomic E-state index is 9.48. The van der Waals surface area contributed by atoms with Gasteiger partial charge in [-0.25, -0.2) is 0 Å². The molecule has 1 rings (SSSR count). The van der Waals surface area contributed by atoms with Crippen molar-refractivity contribution in [2.24, 2.45) is 0 Å². The van der Waals surface area contributed by atoms with Gasteiger partial charge in [0.15, 0.2) is 11.8 Å². The van der Waals surface area contributed by atoms with Gasteiger partial charge < -0.3 is 10.2 Å². The van der Waals surface area contributed by atoms with E-state index in [9.17, 15) is 10.2 Å². The van der Waals surface area contributed by atoms with Crippen molar-refractivity contribution in [3.05, 3.63) is 12.1 Å². The molecule has 3 nitrogen and oxygen atoms in total. The van der Waals surface area contributed by atoms with Crippen LogP contribution in [0.4, 0.5) is 0 Å². The third-order valence-electron chi connectivity index (χ3n) is 3.67. The average Bonchev–Trinajstić information content (AvgIpc) is 2.72. The molecule has 0 bridgehead atoms. The van der Waals surface area contributed by atoms with E-state index >= 15 is 0 Å². The van der Waals surface area contributed by atoms with Gasteiger partial charge >= 0.3 is 0 Å². The van der Waals surface area contributed by atoms with Gasteiger partial charge in [0.2, 0.25) is 0 Å². The lowest BCUT2D eigenvalue weighted by molar-refractivity contribution is 0.361. The third-order valence-corrected chi connectivity index (χ3v) is 3.67. The fourth-order valence-electron chi connectivity index (χ4n) is 2.43. The van der Waals surface area contributed by atoms with Gasteiger partial charge in [0.25, 0.3) is 0 Å². The molecule has 0 amide bonds. The molecule has 0 unspecified atom stereocenters. The summed E-state index contributed by atoms with van der Waals surface area (Å²) in [6.45, 7) is 2.96. The van der Waals surface area contributed by atoms with E-state index in [1.807, 2.05) is 0 Å². The second-order valence-electron chi connectivity index (χ2n) is 5.38. The highest BCUT2D eigenvalue weighted by Gasteiger charge is 2.04. The normalized spacial score (nSPS) is 11.0. The zero-order valence-electron chi connectivity index (χ0n) is 12.3. The minimum absolute atomic E-state index is 0.161. The fourth-order valence-corrected chi connectivity index (χ4v) is 2.43. The highest BCUT2D eigenvalue weighted by molar-refractivity contribution is 5.23. The van der Waals surface area contributed by atoms with Crippen LogP contribution in [0, 0.1) is 0 Å². The quantitative estimate of drug-likeness (QED) is 0.565. The van der Waals surface area contributed by atoms with Gasteiger partial charge in [-0.3, -0.25) is 4.57 Å². The van der Waals surface area contributed by atoms with E-state index in [1.165, 1.54) is 69.9 Å². The average molecular weight is 267 g/mol. The van der Waals surface area contributed by atoms with Crippen LogP contribution in [0.5, 0.6) is 11.8 Å². The molecule has 1 aromatic heterocycles. The van der Waals surface area contributed by atoms with Crippen LogP contribution in [-0.4, -0.2) is 14.8 Å². The monoisotopic (exact) mass is 267 g/mol. The van der Waals surface area contributed by atoms with Crippen molar-refractivity contribution in [3.63, 3.8) is 0 Å². The van der Waals surface area contributed by atoms with Gasteiger partial charge in [-0.05, 0) is 6.42 Å². The molecule has 2 N–H and O–H groups in total. The van der Waals surface area contributed by atoms with E-state index in [1.54, 1.807) is 4.57 Å². The molecule has 1 aromatic rings. The van der Waals surface area contributed by atoms with E-state index in [4.69, 9.17) is 0 Å². The molecule has 0 aliphatic rings. The summed E-state index contributed by atoms with van der Waals surface area (Å²) in [6, 6.07) is 3.07. The molecule has 0 aromatic carbocycles. The first-order valence-corrected chi connectivity index (χ1v) is 7.83. The predicted octanol–water partition coefficient (Wildman–Crippen LogP) is 4.82. The van der Waals surface area contributed by atoms with Crippen LogP contribution in [-0.2, 0) is 6.54 Å². The first-order chi connectivity index (χ1) is 9.25. The van der Waals surface area contributed by atoms with E-state index < -0.39 is 0 Å². The van der Waals surface area contributed by atoms with E-state index in [2.05, 4.69) is 6.92 Å². The van der Waals surface area contributed by atoms with E-state index in [0.29, 0.717) is 6.54 Å². The predicted molar refractivity (Wildman–Crippen MR) is 79.6 cm³/mol. The van der Waals surface area contributed by atoms with Gasteiger partial charge in [-0.2, -0.15) is 0 Å². The van der Waals surface area contributed by atoms with Crippen molar-refractivity contribution in [3.8, 4) is 11.8 Å². The van der Waals surface area contributed by atoms with Crippen molar-refractivity contribution in [1.29, 1.82) is 0 Å². The van der Waals surface area contributed by atoms with Crippen LogP contribution in [0.2, 0.25) is 0 Å². The lowest BCUT2D eigenvalue weighted by Gasteiger charge is -2.06. The Kier molecular flexibility index (Phi) is 8.19. The molecule has 0 aliphatic heterocycles. The maximum absolute atomic E-state index is 9.48. The van der Waals surface area contributed by atoms with Gasteiger partial charge in [-0.15, -0.1) is 0 Å². The first-order valence-electron chi connectivity index (χ1n) is 7.83. The molecule has 0 radical (unpaired) electrons. The van der Waals surface area contributed by atoms with Crippen LogP contribution >= 0.6 is 0 Å². The van der Waals surface area contributed by atoms with Crippen LogP contribution < -0.4 is 0 Å². The zero-order chi connectivity index (χ0) is 13.9. The van der Waals surface area contributed by atoms with Crippen molar-refractivity contribution in [2.45, 2.75) is 77.7 Å². The topological polar surface area (TPSA) is 45.4 Å². The zero-order valence-corrected chi connectivity index (χ0v) is 12.3. The molecule has 0 saturated heterocycles. The minimum atomic E-state index is 0.161. The Morgan fingerprint density at radius 2 is 1.16 bits per heavy atom. The third kappa shape index (κ3) is 6.55. The van der Waals surface area contributed by atoms with Gasteiger partial charge in [0, 0.05) is 18.7 Å². The Balaban J connectivity index is 1.92. The number of aromatic hydroxyl groups is 2. The lowest BCUT2D eigenvalue weighted by atomic mass is 10.1. The number of unbranched alkanes of at least 4 members (excludes halogenated alkanes) is 9. The molecule has 110 valence electrons. The van der Waals surface area contributed by atoms with E-state index in [-0.39, 0.29) is 11.8 Å². The Morgan fingerprint density at radius 1 is 0.737 bits per heavy atom. The molecule has 0 saturated carbocycles. The van der Waals surface area contributed by atoms with Crippen LogP contribution in [0.15, 0.2) is 12.1 Å². The molecular formula is C16H29NO2. The summed E-state index contributed by atoms with van der Waals surface area (Å²) in [5.41, 5.74) is 0. The maximum Gasteiger partial charge on any atom is 0.193 e. The highest BCUT2D eigenvalue weighted by atomic mass is 16.3. The molecule has 0 fully saturated rings. The smallest absolute Gasteiger partial charge is 0.193 e. The van der Waals surface area contributed by atoms with Crippen molar-refractivity contribution >= 4 is 0 Å². The largest absolute Gasteiger partial charge is 0.494 e. The van der Waals surface area contributed by atoms with Crippen LogP contribution in [0.3, 0.4) is 0 Å². The summed E-state index contributed by atoms with van der Waals surface area (Å²) in [6.07, 6.45) is 13.0. The molecule has 3 heteroatoms. The standard InChI is InChI=1S/C16H29NO2/c1-2-3-4-5-6-7-8-9-10-11-14-17-15(18)12-13-16(17)19/h12-13,18-19H,2-11,14H2,1H3. The lowest BCUT2D eigenvalue weighted by Crippen LogP contribution is -1.96. The number of rotatable bonds is 11. The molecular weight excluding hydrogens is 238 g/mol. The van der Waals surface area contributed by atoms with Crippen molar-refractivity contribution in [2.75, 3.05) is 0 Å². The van der Waals surface area contributed by atoms with Gasteiger partial charge in [-0.1, -0.05) is 64.7 Å². The molecule has 1 heterocycles. The Morgan fingerprint density at radius 3 is 1.63 bits per heavy atom.